The normalized spacial score (nSPS) is 11.4. The quantitative estimate of drug-likeness (QED) is 0.730. The second kappa shape index (κ2) is 6.23. The number of nitrogens with zero attached hydrogens (tertiary/aromatic N) is 4. The molecule has 0 aliphatic heterocycles. The van der Waals surface area contributed by atoms with E-state index in [1.54, 1.807) is 11.6 Å². The van der Waals surface area contributed by atoms with Gasteiger partial charge in [-0.05, 0) is 24.5 Å². The first kappa shape index (κ1) is 17.0. The molecular formula is C18H22N4O3. The highest BCUT2D eigenvalue weighted by Crippen LogP contribution is 2.30. The number of imidazole rings is 1. The Balaban J connectivity index is 2.25. The summed E-state index contributed by atoms with van der Waals surface area (Å²) in [6.07, 6.45) is 0. The molecule has 0 N–H and O–H groups in total. The van der Waals surface area contributed by atoms with E-state index in [-0.39, 0.29) is 11.5 Å². The highest BCUT2D eigenvalue weighted by molar-refractivity contribution is 5.72. The number of aryl methyl sites for hydroxylation is 2. The number of hydrogen-bond donors (Lipinski definition) is 0. The summed E-state index contributed by atoms with van der Waals surface area (Å²) in [5, 5.41) is 0. The molecule has 2 aromatic heterocycles. The van der Waals surface area contributed by atoms with Crippen LogP contribution in [0.4, 0.5) is 0 Å². The van der Waals surface area contributed by atoms with E-state index in [1.165, 1.54) is 11.6 Å². The Morgan fingerprint density at radius 1 is 1.12 bits per heavy atom. The second-order valence-electron chi connectivity index (χ2n) is 6.31. The van der Waals surface area contributed by atoms with Crippen molar-refractivity contribution in [1.29, 1.82) is 0 Å². The molecule has 0 radical (unpaired) electrons. The summed E-state index contributed by atoms with van der Waals surface area (Å²) < 4.78 is 10.2. The molecule has 3 rings (SSSR count). The van der Waals surface area contributed by atoms with Crippen molar-refractivity contribution < 1.29 is 4.74 Å². The summed E-state index contributed by atoms with van der Waals surface area (Å²) >= 11 is 0. The Kier molecular flexibility index (Phi) is 4.24. The molecule has 0 bridgehead atoms. The molecule has 25 heavy (non-hydrogen) atoms. The molecule has 0 spiro atoms. The first-order valence-electron chi connectivity index (χ1n) is 8.29. The summed E-state index contributed by atoms with van der Waals surface area (Å²) in [6, 6.07) is 8.06. The maximum absolute atomic E-state index is 12.6. The lowest BCUT2D eigenvalue weighted by Gasteiger charge is -2.13. The van der Waals surface area contributed by atoms with Gasteiger partial charge in [0.15, 0.2) is 11.2 Å². The van der Waals surface area contributed by atoms with Gasteiger partial charge in [0.1, 0.15) is 5.75 Å². The lowest BCUT2D eigenvalue weighted by atomic mass is 10.0. The molecule has 0 unspecified atom stereocenters. The molecule has 0 atom stereocenters. The summed E-state index contributed by atoms with van der Waals surface area (Å²) in [6.45, 7) is 6.59. The molecule has 132 valence electrons. The first-order valence-corrected chi connectivity index (χ1v) is 8.29. The van der Waals surface area contributed by atoms with E-state index in [0.29, 0.717) is 29.5 Å². The van der Waals surface area contributed by atoms with Crippen molar-refractivity contribution in [2.45, 2.75) is 33.2 Å². The summed E-state index contributed by atoms with van der Waals surface area (Å²) in [5.74, 6) is 0.984. The van der Waals surface area contributed by atoms with Gasteiger partial charge in [-0.3, -0.25) is 18.5 Å². The van der Waals surface area contributed by atoms with E-state index in [2.05, 4.69) is 18.8 Å². The fourth-order valence-electron chi connectivity index (χ4n) is 2.95. The number of hydrogen-bond acceptors (Lipinski definition) is 4. The predicted molar refractivity (Wildman–Crippen MR) is 96.5 cm³/mol. The van der Waals surface area contributed by atoms with Gasteiger partial charge in [0, 0.05) is 20.6 Å². The lowest BCUT2D eigenvalue weighted by Crippen LogP contribution is -2.37. The van der Waals surface area contributed by atoms with Gasteiger partial charge in [-0.1, -0.05) is 32.0 Å². The SMILES string of the molecule is CCn1c(Oc2ccccc2C(C)C)nc2c1c(=O)n(C)c(=O)n2C. The van der Waals surface area contributed by atoms with E-state index in [1.807, 2.05) is 31.2 Å². The molecule has 2 heterocycles. The maximum atomic E-state index is 12.6. The second-order valence-corrected chi connectivity index (χ2v) is 6.31. The van der Waals surface area contributed by atoms with Gasteiger partial charge in [-0.15, -0.1) is 0 Å². The fraction of sp³-hybridized carbons (Fsp3) is 0.389. The predicted octanol–water partition coefficient (Wildman–Crippen LogP) is 2.37. The van der Waals surface area contributed by atoms with E-state index in [9.17, 15) is 9.59 Å². The van der Waals surface area contributed by atoms with Crippen LogP contribution in [0.15, 0.2) is 33.9 Å². The minimum atomic E-state index is -0.410. The van der Waals surface area contributed by atoms with E-state index < -0.39 is 5.69 Å². The Morgan fingerprint density at radius 3 is 2.44 bits per heavy atom. The van der Waals surface area contributed by atoms with Crippen LogP contribution in [0.2, 0.25) is 0 Å². The zero-order valence-corrected chi connectivity index (χ0v) is 15.1. The highest BCUT2D eigenvalue weighted by atomic mass is 16.5. The van der Waals surface area contributed by atoms with Crippen molar-refractivity contribution in [3.63, 3.8) is 0 Å². The van der Waals surface area contributed by atoms with Crippen LogP contribution in [0.3, 0.4) is 0 Å². The molecule has 3 aromatic rings. The van der Waals surface area contributed by atoms with Crippen molar-refractivity contribution in [1.82, 2.24) is 18.7 Å². The standard InChI is InChI=1S/C18H22N4O3/c1-6-22-14-15(20(4)18(24)21(5)16(14)23)19-17(22)25-13-10-8-7-9-12(13)11(2)3/h7-11H,6H2,1-5H3. The number of ether oxygens (including phenoxy) is 1. The van der Waals surface area contributed by atoms with Gasteiger partial charge in [0.05, 0.1) is 0 Å². The van der Waals surface area contributed by atoms with Gasteiger partial charge < -0.3 is 4.74 Å². The van der Waals surface area contributed by atoms with E-state index >= 15 is 0 Å². The van der Waals surface area contributed by atoms with Gasteiger partial charge in [-0.25, -0.2) is 4.79 Å². The van der Waals surface area contributed by atoms with Crippen molar-refractivity contribution in [3.8, 4) is 11.8 Å². The molecule has 0 aliphatic carbocycles. The van der Waals surface area contributed by atoms with Crippen LogP contribution in [-0.2, 0) is 20.6 Å². The highest BCUT2D eigenvalue weighted by Gasteiger charge is 2.20. The van der Waals surface area contributed by atoms with Crippen LogP contribution in [-0.4, -0.2) is 18.7 Å². The fourth-order valence-corrected chi connectivity index (χ4v) is 2.95. The van der Waals surface area contributed by atoms with Gasteiger partial charge in [-0.2, -0.15) is 4.98 Å². The topological polar surface area (TPSA) is 71.1 Å². The minimum absolute atomic E-state index is 0.285. The van der Waals surface area contributed by atoms with Crippen LogP contribution >= 0.6 is 0 Å². The van der Waals surface area contributed by atoms with Crippen molar-refractivity contribution in [2.75, 3.05) is 0 Å². The van der Waals surface area contributed by atoms with Crippen molar-refractivity contribution in [2.24, 2.45) is 14.1 Å². The third-order valence-electron chi connectivity index (χ3n) is 4.37. The smallest absolute Gasteiger partial charge is 0.332 e. The molecular weight excluding hydrogens is 320 g/mol. The van der Waals surface area contributed by atoms with E-state index in [0.717, 1.165) is 10.1 Å². The van der Waals surface area contributed by atoms with Gasteiger partial charge in [0.2, 0.25) is 0 Å². The average molecular weight is 342 g/mol. The third-order valence-corrected chi connectivity index (χ3v) is 4.37. The monoisotopic (exact) mass is 342 g/mol. The third kappa shape index (κ3) is 2.65. The number of rotatable bonds is 4. The molecule has 0 amide bonds. The molecule has 0 saturated heterocycles. The molecule has 0 fully saturated rings. The van der Waals surface area contributed by atoms with Crippen molar-refractivity contribution >= 4 is 11.2 Å². The molecule has 1 aromatic carbocycles. The Hall–Kier alpha value is -2.83. The Morgan fingerprint density at radius 2 is 1.80 bits per heavy atom. The Labute approximate surface area is 145 Å². The number of para-hydroxylation sites is 1. The van der Waals surface area contributed by atoms with Gasteiger partial charge >= 0.3 is 11.7 Å². The van der Waals surface area contributed by atoms with Crippen LogP contribution < -0.4 is 16.0 Å². The maximum Gasteiger partial charge on any atom is 0.332 e. The minimum Gasteiger partial charge on any atom is -0.425 e. The van der Waals surface area contributed by atoms with Crippen LogP contribution in [0, 0.1) is 0 Å². The zero-order chi connectivity index (χ0) is 18.3. The number of aromatic nitrogens is 4. The molecule has 7 heteroatoms. The molecule has 0 saturated carbocycles. The molecule has 7 nitrogen and oxygen atoms in total. The molecule has 0 aliphatic rings. The Bertz CT molecular complexity index is 1060. The lowest BCUT2D eigenvalue weighted by molar-refractivity contribution is 0.412. The number of benzene rings is 1. The van der Waals surface area contributed by atoms with Crippen molar-refractivity contribution in [3.05, 3.63) is 50.7 Å². The first-order chi connectivity index (χ1) is 11.9. The average Bonchev–Trinajstić information content (AvgIpc) is 2.96. The van der Waals surface area contributed by atoms with E-state index in [4.69, 9.17) is 4.74 Å². The zero-order valence-electron chi connectivity index (χ0n) is 15.1. The van der Waals surface area contributed by atoms with Crippen LogP contribution in [0.1, 0.15) is 32.3 Å². The van der Waals surface area contributed by atoms with Crippen LogP contribution in [0.25, 0.3) is 11.2 Å². The number of fused-ring (bicyclic) bond motifs is 1. The summed E-state index contributed by atoms with van der Waals surface area (Å²) in [5.41, 5.74) is 0.960. The largest absolute Gasteiger partial charge is 0.425 e. The summed E-state index contributed by atoms with van der Waals surface area (Å²) in [7, 11) is 3.06. The summed E-state index contributed by atoms with van der Waals surface area (Å²) in [4.78, 5) is 29.1. The van der Waals surface area contributed by atoms with Crippen LogP contribution in [0.5, 0.6) is 11.8 Å². The van der Waals surface area contributed by atoms with Gasteiger partial charge in [0.25, 0.3) is 5.56 Å².